The molecule has 0 saturated carbocycles. The topological polar surface area (TPSA) is 100 Å². The lowest BCUT2D eigenvalue weighted by molar-refractivity contribution is -0.121. The van der Waals surface area contributed by atoms with E-state index in [0.717, 1.165) is 42.4 Å². The molecule has 2 aromatic rings. The first-order valence-corrected chi connectivity index (χ1v) is 12.8. The van der Waals surface area contributed by atoms with E-state index in [1.54, 1.807) is 24.3 Å². The summed E-state index contributed by atoms with van der Waals surface area (Å²) in [5.41, 5.74) is 2.22. The van der Waals surface area contributed by atoms with E-state index in [2.05, 4.69) is 20.5 Å². The van der Waals surface area contributed by atoms with Crippen molar-refractivity contribution in [3.8, 4) is 5.75 Å². The molecule has 2 N–H and O–H groups in total. The Balaban J connectivity index is 1.18. The van der Waals surface area contributed by atoms with Gasteiger partial charge in [-0.25, -0.2) is 0 Å². The van der Waals surface area contributed by atoms with Crippen LogP contribution in [-0.4, -0.2) is 59.3 Å². The molecular weight excluding hydrogens is 464 g/mol. The fourth-order valence-electron chi connectivity index (χ4n) is 3.89. The molecule has 2 aliphatic rings. The smallest absolute Gasteiger partial charge is 0.262 e. The van der Waals surface area contributed by atoms with Gasteiger partial charge in [-0.3, -0.25) is 14.4 Å². The average Bonchev–Trinajstić information content (AvgIpc) is 3.23. The van der Waals surface area contributed by atoms with Gasteiger partial charge in [0.1, 0.15) is 17.6 Å². The number of ether oxygens (including phenoxy) is 1. The van der Waals surface area contributed by atoms with Crippen molar-refractivity contribution in [1.82, 2.24) is 10.2 Å². The van der Waals surface area contributed by atoms with Gasteiger partial charge in [0.05, 0.1) is 6.54 Å². The standard InChI is InChI=1S/C26H30N4O4S/c1-18-5-11-21(12-6-18)34-16-13-27-24(32)19-7-9-20(10-8-19)28-23(31)17-22-25(33)29-26(35-22)30-14-3-2-4-15-30/h5-12,22H,2-4,13-17H2,1H3,(H,27,32)(H,28,31). The van der Waals surface area contributed by atoms with Crippen LogP contribution in [0.2, 0.25) is 0 Å². The number of aliphatic imine (C=N–C) groups is 1. The molecule has 0 radical (unpaired) electrons. The number of amidine groups is 1. The highest BCUT2D eigenvalue weighted by Crippen LogP contribution is 2.29. The second-order valence-electron chi connectivity index (χ2n) is 8.63. The van der Waals surface area contributed by atoms with E-state index in [1.165, 1.54) is 18.2 Å². The number of nitrogens with zero attached hydrogens (tertiary/aromatic N) is 2. The summed E-state index contributed by atoms with van der Waals surface area (Å²) in [5, 5.41) is 5.88. The van der Waals surface area contributed by atoms with Gasteiger partial charge in [0.2, 0.25) is 5.91 Å². The van der Waals surface area contributed by atoms with Gasteiger partial charge in [-0.2, -0.15) is 4.99 Å². The van der Waals surface area contributed by atoms with E-state index >= 15 is 0 Å². The number of hydrogen-bond donors (Lipinski definition) is 2. The molecular formula is C26H30N4O4S. The Labute approximate surface area is 209 Å². The fourth-order valence-corrected chi connectivity index (χ4v) is 5.00. The van der Waals surface area contributed by atoms with Gasteiger partial charge in [-0.05, 0) is 62.6 Å². The number of amides is 3. The van der Waals surface area contributed by atoms with E-state index in [-0.39, 0.29) is 24.1 Å². The summed E-state index contributed by atoms with van der Waals surface area (Å²) in [6, 6.07) is 14.4. The lowest BCUT2D eigenvalue weighted by atomic mass is 10.1. The Hall–Kier alpha value is -3.33. The summed E-state index contributed by atoms with van der Waals surface area (Å²) in [6.45, 7) is 4.58. The van der Waals surface area contributed by atoms with E-state index in [4.69, 9.17) is 4.74 Å². The summed E-state index contributed by atoms with van der Waals surface area (Å²) in [7, 11) is 0. The molecule has 8 nitrogen and oxygen atoms in total. The third-order valence-corrected chi connectivity index (χ3v) is 7.05. The zero-order valence-electron chi connectivity index (χ0n) is 19.8. The van der Waals surface area contributed by atoms with Crippen LogP contribution in [0.5, 0.6) is 5.75 Å². The molecule has 2 heterocycles. The summed E-state index contributed by atoms with van der Waals surface area (Å²) in [4.78, 5) is 43.4. The van der Waals surface area contributed by atoms with Crippen molar-refractivity contribution in [2.75, 3.05) is 31.6 Å². The number of aryl methyl sites for hydroxylation is 1. The maximum Gasteiger partial charge on any atom is 0.262 e. The molecule has 184 valence electrons. The van der Waals surface area contributed by atoms with E-state index in [0.29, 0.717) is 24.4 Å². The monoisotopic (exact) mass is 494 g/mol. The first-order valence-electron chi connectivity index (χ1n) is 11.9. The Morgan fingerprint density at radius 3 is 2.49 bits per heavy atom. The van der Waals surface area contributed by atoms with Crippen molar-refractivity contribution in [2.24, 2.45) is 4.99 Å². The van der Waals surface area contributed by atoms with Crippen LogP contribution in [0.1, 0.15) is 41.6 Å². The lowest BCUT2D eigenvalue weighted by Gasteiger charge is -2.27. The quantitative estimate of drug-likeness (QED) is 0.544. The molecule has 1 saturated heterocycles. The first-order chi connectivity index (χ1) is 17.0. The molecule has 9 heteroatoms. The van der Waals surface area contributed by atoms with Crippen molar-refractivity contribution in [3.63, 3.8) is 0 Å². The van der Waals surface area contributed by atoms with Crippen LogP contribution < -0.4 is 15.4 Å². The molecule has 4 rings (SSSR count). The summed E-state index contributed by atoms with van der Waals surface area (Å²) in [5.74, 6) is 0.0446. The molecule has 0 bridgehead atoms. The number of thioether (sulfide) groups is 1. The number of carbonyl (C=O) groups excluding carboxylic acids is 3. The van der Waals surface area contributed by atoms with Gasteiger partial charge in [0, 0.05) is 30.8 Å². The van der Waals surface area contributed by atoms with Gasteiger partial charge in [0.25, 0.3) is 11.8 Å². The van der Waals surface area contributed by atoms with Crippen molar-refractivity contribution in [2.45, 2.75) is 37.9 Å². The molecule has 0 aromatic heterocycles. The molecule has 3 amide bonds. The van der Waals surface area contributed by atoms with Crippen LogP contribution in [0.15, 0.2) is 53.5 Å². The number of piperidine rings is 1. The Morgan fingerprint density at radius 1 is 1.06 bits per heavy atom. The highest BCUT2D eigenvalue weighted by molar-refractivity contribution is 8.15. The van der Waals surface area contributed by atoms with Crippen LogP contribution in [0, 0.1) is 6.92 Å². The highest BCUT2D eigenvalue weighted by Gasteiger charge is 2.33. The van der Waals surface area contributed by atoms with E-state index in [1.807, 2.05) is 31.2 Å². The predicted octanol–water partition coefficient (Wildman–Crippen LogP) is 3.62. The molecule has 1 unspecified atom stereocenters. The van der Waals surface area contributed by atoms with Crippen LogP contribution >= 0.6 is 11.8 Å². The van der Waals surface area contributed by atoms with Crippen molar-refractivity contribution >= 4 is 40.3 Å². The maximum absolute atomic E-state index is 12.5. The van der Waals surface area contributed by atoms with Gasteiger partial charge in [-0.1, -0.05) is 29.5 Å². The number of carbonyl (C=O) groups is 3. The highest BCUT2D eigenvalue weighted by atomic mass is 32.2. The second-order valence-corrected chi connectivity index (χ2v) is 9.80. The number of benzene rings is 2. The summed E-state index contributed by atoms with van der Waals surface area (Å²) >= 11 is 1.38. The minimum absolute atomic E-state index is 0.0631. The van der Waals surface area contributed by atoms with E-state index < -0.39 is 5.25 Å². The minimum Gasteiger partial charge on any atom is -0.492 e. The number of anilines is 1. The van der Waals surface area contributed by atoms with Gasteiger partial charge >= 0.3 is 0 Å². The minimum atomic E-state index is -0.487. The van der Waals surface area contributed by atoms with Crippen molar-refractivity contribution in [3.05, 3.63) is 59.7 Å². The molecule has 0 spiro atoms. The third-order valence-electron chi connectivity index (χ3n) is 5.83. The Kier molecular flexibility index (Phi) is 8.41. The number of rotatable bonds is 8. The zero-order chi connectivity index (χ0) is 24.6. The van der Waals surface area contributed by atoms with E-state index in [9.17, 15) is 14.4 Å². The van der Waals surface area contributed by atoms with Crippen LogP contribution in [0.4, 0.5) is 5.69 Å². The Morgan fingerprint density at radius 2 is 1.77 bits per heavy atom. The van der Waals surface area contributed by atoms with Gasteiger partial charge < -0.3 is 20.3 Å². The fraction of sp³-hybridized carbons (Fsp3) is 0.385. The van der Waals surface area contributed by atoms with Gasteiger partial charge in [-0.15, -0.1) is 0 Å². The number of nitrogens with one attached hydrogen (secondary N) is 2. The normalized spacial score (nSPS) is 17.6. The molecule has 2 aliphatic heterocycles. The van der Waals surface area contributed by atoms with Crippen LogP contribution in [0.25, 0.3) is 0 Å². The SMILES string of the molecule is Cc1ccc(OCCNC(=O)c2ccc(NC(=O)CC3SC(N4CCCCC4)=NC3=O)cc2)cc1. The molecule has 2 aromatic carbocycles. The molecule has 1 atom stereocenters. The van der Waals surface area contributed by atoms with Crippen molar-refractivity contribution < 1.29 is 19.1 Å². The predicted molar refractivity (Wildman–Crippen MR) is 138 cm³/mol. The van der Waals surface area contributed by atoms with Gasteiger partial charge in [0.15, 0.2) is 5.17 Å². The molecule has 1 fully saturated rings. The summed E-state index contributed by atoms with van der Waals surface area (Å²) < 4.78 is 5.61. The van der Waals surface area contributed by atoms with Crippen LogP contribution in [-0.2, 0) is 9.59 Å². The second kappa shape index (κ2) is 11.9. The summed E-state index contributed by atoms with van der Waals surface area (Å²) in [6.07, 6.45) is 3.48. The molecule has 0 aliphatic carbocycles. The van der Waals surface area contributed by atoms with Crippen molar-refractivity contribution in [1.29, 1.82) is 0 Å². The number of likely N-dealkylation sites (tertiary alicyclic amines) is 1. The largest absolute Gasteiger partial charge is 0.492 e. The average molecular weight is 495 g/mol. The maximum atomic E-state index is 12.5. The molecule has 35 heavy (non-hydrogen) atoms. The Bertz CT molecular complexity index is 1080. The zero-order valence-corrected chi connectivity index (χ0v) is 20.6. The third kappa shape index (κ3) is 7.08. The first kappa shape index (κ1) is 24.8. The van der Waals surface area contributed by atoms with Crippen LogP contribution in [0.3, 0.4) is 0 Å². The lowest BCUT2D eigenvalue weighted by Crippen LogP contribution is -2.33. The number of hydrogen-bond acceptors (Lipinski definition) is 6.